The molecule has 1 aliphatic heterocycles. The second kappa shape index (κ2) is 4.40. The smallest absolute Gasteiger partial charge is 0.165 e. The summed E-state index contributed by atoms with van der Waals surface area (Å²) in [4.78, 5) is 12.4. The first-order valence-electron chi connectivity index (χ1n) is 7.15. The summed E-state index contributed by atoms with van der Waals surface area (Å²) in [6.07, 6.45) is 3.31. The van der Waals surface area contributed by atoms with Gasteiger partial charge in [-0.05, 0) is 30.8 Å². The molecule has 2 aliphatic carbocycles. The monoisotopic (exact) mass is 266 g/mol. The number of ether oxygens (including phenoxy) is 1. The van der Waals surface area contributed by atoms with Crippen molar-refractivity contribution in [3.63, 3.8) is 0 Å². The molecule has 3 aliphatic rings. The van der Waals surface area contributed by atoms with Gasteiger partial charge in [-0.15, -0.1) is 0 Å². The lowest BCUT2D eigenvalue weighted by Crippen LogP contribution is -2.68. The maximum absolute atomic E-state index is 12.4. The van der Waals surface area contributed by atoms with Gasteiger partial charge >= 0.3 is 0 Å². The Labute approximate surface area is 113 Å². The zero-order valence-electron chi connectivity index (χ0n) is 11.5. The van der Waals surface area contributed by atoms with Gasteiger partial charge in [0.25, 0.3) is 0 Å². The van der Waals surface area contributed by atoms with Crippen LogP contribution in [-0.4, -0.2) is 40.9 Å². The van der Waals surface area contributed by atoms with Crippen LogP contribution >= 0.6 is 0 Å². The number of hydrogen-bond acceptors (Lipinski definition) is 4. The van der Waals surface area contributed by atoms with E-state index in [2.05, 4.69) is 13.0 Å². The highest BCUT2D eigenvalue weighted by Crippen LogP contribution is 2.52. The van der Waals surface area contributed by atoms with Gasteiger partial charge in [0.15, 0.2) is 5.78 Å². The van der Waals surface area contributed by atoms with E-state index in [1.807, 2.05) is 6.92 Å². The highest BCUT2D eigenvalue weighted by atomic mass is 16.5. The third kappa shape index (κ3) is 1.66. The standard InChI is InChI=1S/C15H22O4/c1-8-3-4-11-9(2)5-12(17)15(18)10(6-16)7-19-14(8)13(11)15/h3,9-11,13-14,16,18H,4-7H2,1-2H3/t9-,10+,11+,13+,14-,15-/m0/s1. The first-order valence-corrected chi connectivity index (χ1v) is 7.15. The van der Waals surface area contributed by atoms with Crippen molar-refractivity contribution in [1.82, 2.24) is 0 Å². The van der Waals surface area contributed by atoms with Gasteiger partial charge < -0.3 is 14.9 Å². The van der Waals surface area contributed by atoms with Crippen LogP contribution in [0.3, 0.4) is 0 Å². The quantitative estimate of drug-likeness (QED) is 0.693. The van der Waals surface area contributed by atoms with Gasteiger partial charge in [-0.3, -0.25) is 4.79 Å². The van der Waals surface area contributed by atoms with Crippen molar-refractivity contribution in [2.75, 3.05) is 13.2 Å². The van der Waals surface area contributed by atoms with Gasteiger partial charge in [0, 0.05) is 18.3 Å². The normalized spacial score (nSPS) is 49.6. The molecule has 4 heteroatoms. The van der Waals surface area contributed by atoms with Gasteiger partial charge in [0.05, 0.1) is 19.3 Å². The third-order valence-corrected chi connectivity index (χ3v) is 5.46. The fourth-order valence-corrected chi connectivity index (χ4v) is 4.30. The Morgan fingerprint density at radius 2 is 2.26 bits per heavy atom. The minimum absolute atomic E-state index is 0.108. The largest absolute Gasteiger partial charge is 0.396 e. The Morgan fingerprint density at radius 1 is 1.53 bits per heavy atom. The number of carbonyl (C=O) groups is 1. The van der Waals surface area contributed by atoms with E-state index < -0.39 is 11.5 Å². The zero-order valence-corrected chi connectivity index (χ0v) is 11.5. The summed E-state index contributed by atoms with van der Waals surface area (Å²) in [5, 5.41) is 20.5. The van der Waals surface area contributed by atoms with E-state index in [4.69, 9.17) is 4.74 Å². The zero-order chi connectivity index (χ0) is 13.8. The van der Waals surface area contributed by atoms with Crippen molar-refractivity contribution in [1.29, 1.82) is 0 Å². The second-order valence-electron chi connectivity index (χ2n) is 6.44. The van der Waals surface area contributed by atoms with Gasteiger partial charge in [-0.2, -0.15) is 0 Å². The van der Waals surface area contributed by atoms with Crippen LogP contribution in [0.4, 0.5) is 0 Å². The summed E-state index contributed by atoms with van der Waals surface area (Å²) in [7, 11) is 0. The molecule has 0 radical (unpaired) electrons. The lowest BCUT2D eigenvalue weighted by molar-refractivity contribution is -0.221. The van der Waals surface area contributed by atoms with Gasteiger partial charge in [0.2, 0.25) is 0 Å². The topological polar surface area (TPSA) is 66.8 Å². The minimum atomic E-state index is -1.40. The van der Waals surface area contributed by atoms with E-state index in [-0.39, 0.29) is 42.9 Å². The van der Waals surface area contributed by atoms with E-state index in [0.717, 1.165) is 12.0 Å². The Hall–Kier alpha value is -0.710. The molecule has 2 fully saturated rings. The molecule has 1 heterocycles. The number of hydrogen-bond donors (Lipinski definition) is 2. The Bertz CT molecular complexity index is 430. The molecular weight excluding hydrogens is 244 g/mol. The number of ketones is 1. The summed E-state index contributed by atoms with van der Waals surface area (Å²) in [5.74, 6) is -0.249. The van der Waals surface area contributed by atoms with Crippen LogP contribution in [0, 0.1) is 23.7 Å². The van der Waals surface area contributed by atoms with Crippen LogP contribution in [0.5, 0.6) is 0 Å². The average Bonchev–Trinajstić information content (AvgIpc) is 2.38. The van der Waals surface area contributed by atoms with Crippen LogP contribution < -0.4 is 0 Å². The molecule has 1 saturated heterocycles. The maximum atomic E-state index is 12.4. The number of rotatable bonds is 1. The molecule has 3 rings (SSSR count). The highest BCUT2D eigenvalue weighted by Gasteiger charge is 2.62. The number of allylic oxidation sites excluding steroid dienone is 1. The summed E-state index contributed by atoms with van der Waals surface area (Å²) in [6.45, 7) is 4.14. The van der Waals surface area contributed by atoms with Crippen LogP contribution in [0.15, 0.2) is 11.6 Å². The molecule has 0 aromatic heterocycles. The van der Waals surface area contributed by atoms with Crippen LogP contribution in [0.2, 0.25) is 0 Å². The molecule has 19 heavy (non-hydrogen) atoms. The number of aliphatic hydroxyl groups is 2. The summed E-state index contributed by atoms with van der Waals surface area (Å²) in [5.41, 5.74) is -0.289. The molecule has 4 nitrogen and oxygen atoms in total. The number of Topliss-reactive ketones (excluding diaryl/α,β-unsaturated/α-hetero) is 1. The Balaban J connectivity index is 2.08. The molecular formula is C15H22O4. The molecule has 0 spiro atoms. The highest BCUT2D eigenvalue weighted by molar-refractivity contribution is 5.89. The van der Waals surface area contributed by atoms with Crippen molar-refractivity contribution >= 4 is 5.78 Å². The molecule has 106 valence electrons. The lowest BCUT2D eigenvalue weighted by Gasteiger charge is -2.56. The van der Waals surface area contributed by atoms with Crippen molar-refractivity contribution in [2.45, 2.75) is 38.4 Å². The minimum Gasteiger partial charge on any atom is -0.396 e. The number of carbonyl (C=O) groups excluding carboxylic acids is 1. The van der Waals surface area contributed by atoms with E-state index in [1.54, 1.807) is 0 Å². The fraction of sp³-hybridized carbons (Fsp3) is 0.800. The summed E-state index contributed by atoms with van der Waals surface area (Å²) < 4.78 is 5.86. The molecule has 0 bridgehead atoms. The molecule has 1 saturated carbocycles. The molecule has 0 aromatic carbocycles. The van der Waals surface area contributed by atoms with Crippen LogP contribution in [0.1, 0.15) is 26.7 Å². The third-order valence-electron chi connectivity index (χ3n) is 5.46. The molecule has 0 amide bonds. The van der Waals surface area contributed by atoms with Crippen molar-refractivity contribution < 1.29 is 19.7 Å². The van der Waals surface area contributed by atoms with Crippen molar-refractivity contribution in [3.05, 3.63) is 11.6 Å². The average molecular weight is 266 g/mol. The first-order chi connectivity index (χ1) is 9.00. The molecule has 0 aromatic rings. The van der Waals surface area contributed by atoms with E-state index in [1.165, 1.54) is 0 Å². The maximum Gasteiger partial charge on any atom is 0.165 e. The van der Waals surface area contributed by atoms with Crippen LogP contribution in [-0.2, 0) is 9.53 Å². The summed E-state index contributed by atoms with van der Waals surface area (Å²) in [6, 6.07) is 0. The Kier molecular flexibility index (Phi) is 3.08. The lowest BCUT2D eigenvalue weighted by atomic mass is 9.54. The van der Waals surface area contributed by atoms with Gasteiger partial charge in [-0.25, -0.2) is 0 Å². The van der Waals surface area contributed by atoms with Gasteiger partial charge in [-0.1, -0.05) is 13.0 Å². The first kappa shape index (κ1) is 13.3. The van der Waals surface area contributed by atoms with Crippen molar-refractivity contribution in [3.8, 4) is 0 Å². The Morgan fingerprint density at radius 3 is 2.95 bits per heavy atom. The SMILES string of the molecule is CC1=CC[C@H]2[C@@H]3[C@H]1OC[C@@H](CO)[C@]3(O)C(=O)C[C@@H]2C. The van der Waals surface area contributed by atoms with Crippen molar-refractivity contribution in [2.24, 2.45) is 23.7 Å². The van der Waals surface area contributed by atoms with E-state index in [9.17, 15) is 15.0 Å². The van der Waals surface area contributed by atoms with E-state index >= 15 is 0 Å². The number of aliphatic hydroxyl groups excluding tert-OH is 1. The van der Waals surface area contributed by atoms with Crippen LogP contribution in [0.25, 0.3) is 0 Å². The second-order valence-corrected chi connectivity index (χ2v) is 6.44. The predicted molar refractivity (Wildman–Crippen MR) is 69.4 cm³/mol. The predicted octanol–water partition coefficient (Wildman–Crippen LogP) is 0.916. The molecule has 6 atom stereocenters. The summed E-state index contributed by atoms with van der Waals surface area (Å²) >= 11 is 0. The van der Waals surface area contributed by atoms with E-state index in [0.29, 0.717) is 6.42 Å². The van der Waals surface area contributed by atoms with Gasteiger partial charge in [0.1, 0.15) is 5.60 Å². The molecule has 0 unspecified atom stereocenters. The molecule has 2 N–H and O–H groups in total. The fourth-order valence-electron chi connectivity index (χ4n) is 4.30.